The number of rotatable bonds is 1. The smallest absolute Gasteiger partial charge is 0.302 e. The van der Waals surface area contributed by atoms with Crippen molar-refractivity contribution in [3.05, 3.63) is 29.8 Å². The van der Waals surface area contributed by atoms with E-state index in [4.69, 9.17) is 0 Å². The molecule has 3 rings (SSSR count). The number of amides is 3. The molecule has 0 aromatic heterocycles. The van der Waals surface area contributed by atoms with Gasteiger partial charge in [-0.25, -0.2) is 9.69 Å². The third-order valence-corrected chi connectivity index (χ3v) is 4.27. The first-order valence-electron chi connectivity index (χ1n) is 5.79. The van der Waals surface area contributed by atoms with E-state index in [0.717, 1.165) is 17.0 Å². The van der Waals surface area contributed by atoms with Crippen LogP contribution in [0, 0.1) is 0 Å². The van der Waals surface area contributed by atoms with Gasteiger partial charge in [0.25, 0.3) is 5.91 Å². The van der Waals surface area contributed by atoms with Gasteiger partial charge < -0.3 is 4.90 Å². The van der Waals surface area contributed by atoms with E-state index < -0.39 is 29.7 Å². The second-order valence-electron chi connectivity index (χ2n) is 4.49. The minimum Gasteiger partial charge on any atom is -0.302 e. The number of thioether (sulfide) groups is 1. The first-order chi connectivity index (χ1) is 9.39. The van der Waals surface area contributed by atoms with Crippen molar-refractivity contribution in [3.8, 4) is 0 Å². The summed E-state index contributed by atoms with van der Waals surface area (Å²) in [4.78, 5) is 26.4. The second-order valence-corrected chi connectivity index (χ2v) is 5.49. The lowest BCUT2D eigenvalue weighted by molar-refractivity contribution is -0.137. The van der Waals surface area contributed by atoms with Gasteiger partial charge in [0, 0.05) is 5.75 Å². The Morgan fingerprint density at radius 1 is 1.25 bits per heavy atom. The monoisotopic (exact) mass is 302 g/mol. The quantitative estimate of drug-likeness (QED) is 0.749. The Kier molecular flexibility index (Phi) is 2.93. The van der Waals surface area contributed by atoms with Crippen LogP contribution in [0.3, 0.4) is 0 Å². The van der Waals surface area contributed by atoms with Crippen molar-refractivity contribution in [1.29, 1.82) is 0 Å². The number of alkyl halides is 3. The normalized spacial score (nSPS) is 22.6. The van der Waals surface area contributed by atoms with Crippen molar-refractivity contribution >= 4 is 29.4 Å². The van der Waals surface area contributed by atoms with Gasteiger partial charge in [0.15, 0.2) is 0 Å². The average Bonchev–Trinajstić information content (AvgIpc) is 2.94. The highest BCUT2D eigenvalue weighted by Gasteiger charge is 2.48. The van der Waals surface area contributed by atoms with Crippen LogP contribution < -0.4 is 4.90 Å². The van der Waals surface area contributed by atoms with Crippen molar-refractivity contribution in [2.24, 2.45) is 0 Å². The predicted molar refractivity (Wildman–Crippen MR) is 67.3 cm³/mol. The number of anilines is 1. The van der Waals surface area contributed by atoms with E-state index in [1.54, 1.807) is 0 Å². The summed E-state index contributed by atoms with van der Waals surface area (Å²) in [7, 11) is 0. The molecule has 0 N–H and O–H groups in total. The van der Waals surface area contributed by atoms with Gasteiger partial charge in [-0.2, -0.15) is 13.2 Å². The van der Waals surface area contributed by atoms with Gasteiger partial charge in [-0.3, -0.25) is 4.79 Å². The number of urea groups is 1. The topological polar surface area (TPSA) is 40.6 Å². The lowest BCUT2D eigenvalue weighted by Gasteiger charge is -2.16. The fourth-order valence-corrected chi connectivity index (χ4v) is 3.40. The molecule has 0 saturated carbocycles. The number of nitrogens with zero attached hydrogens (tertiary/aromatic N) is 2. The fourth-order valence-electron chi connectivity index (χ4n) is 2.27. The largest absolute Gasteiger partial charge is 0.416 e. The van der Waals surface area contributed by atoms with Crippen molar-refractivity contribution in [2.45, 2.75) is 12.2 Å². The van der Waals surface area contributed by atoms with Crippen LogP contribution in [0.25, 0.3) is 0 Å². The zero-order valence-corrected chi connectivity index (χ0v) is 10.9. The van der Waals surface area contributed by atoms with Crippen molar-refractivity contribution in [2.75, 3.05) is 16.5 Å². The number of imide groups is 1. The SMILES string of the molecule is O=C1C2CSCN2C(=O)N1c1cccc(C(F)(F)F)c1. The summed E-state index contributed by atoms with van der Waals surface area (Å²) < 4.78 is 38.0. The van der Waals surface area contributed by atoms with Crippen LogP contribution in [0.2, 0.25) is 0 Å². The Morgan fingerprint density at radius 3 is 2.65 bits per heavy atom. The van der Waals surface area contributed by atoms with E-state index in [-0.39, 0.29) is 5.69 Å². The number of carbonyl (C=O) groups is 2. The highest BCUT2D eigenvalue weighted by Crippen LogP contribution is 2.35. The number of benzene rings is 1. The number of carbonyl (C=O) groups excluding carboxylic acids is 2. The first-order valence-corrected chi connectivity index (χ1v) is 6.94. The summed E-state index contributed by atoms with van der Waals surface area (Å²) in [5.41, 5.74) is -0.911. The minimum absolute atomic E-state index is 0.0331. The third-order valence-electron chi connectivity index (χ3n) is 3.26. The lowest BCUT2D eigenvalue weighted by Crippen LogP contribution is -2.32. The van der Waals surface area contributed by atoms with E-state index in [9.17, 15) is 22.8 Å². The number of halogens is 3. The van der Waals surface area contributed by atoms with Gasteiger partial charge in [-0.05, 0) is 18.2 Å². The van der Waals surface area contributed by atoms with E-state index in [1.807, 2.05) is 0 Å². The molecule has 2 fully saturated rings. The summed E-state index contributed by atoms with van der Waals surface area (Å²) >= 11 is 1.46. The summed E-state index contributed by atoms with van der Waals surface area (Å²) in [6.45, 7) is 0. The molecule has 2 aliphatic rings. The maximum absolute atomic E-state index is 12.7. The molecule has 2 heterocycles. The molecule has 0 bridgehead atoms. The minimum atomic E-state index is -4.51. The molecule has 1 unspecified atom stereocenters. The number of hydrogen-bond acceptors (Lipinski definition) is 3. The molecule has 1 aromatic rings. The molecule has 2 saturated heterocycles. The highest BCUT2D eigenvalue weighted by molar-refractivity contribution is 7.99. The molecule has 4 nitrogen and oxygen atoms in total. The zero-order valence-electron chi connectivity index (χ0n) is 10.1. The Balaban J connectivity index is 1.98. The van der Waals surface area contributed by atoms with Gasteiger partial charge in [-0.1, -0.05) is 6.07 Å². The van der Waals surface area contributed by atoms with Gasteiger partial charge in [-0.15, -0.1) is 11.8 Å². The fraction of sp³-hybridized carbons (Fsp3) is 0.333. The van der Waals surface area contributed by atoms with Crippen molar-refractivity contribution in [3.63, 3.8) is 0 Å². The lowest BCUT2D eigenvalue weighted by atomic mass is 10.2. The zero-order chi connectivity index (χ0) is 14.5. The molecular weight excluding hydrogens is 293 g/mol. The van der Waals surface area contributed by atoms with Crippen molar-refractivity contribution < 1.29 is 22.8 Å². The first kappa shape index (κ1) is 13.3. The summed E-state index contributed by atoms with van der Waals surface area (Å²) in [6.07, 6.45) is -4.51. The predicted octanol–water partition coefficient (Wildman–Crippen LogP) is 2.55. The maximum atomic E-state index is 12.7. The molecular formula is C12H9F3N2O2S. The second kappa shape index (κ2) is 4.41. The maximum Gasteiger partial charge on any atom is 0.416 e. The van der Waals surface area contributed by atoms with Crippen LogP contribution in [0.4, 0.5) is 23.7 Å². The van der Waals surface area contributed by atoms with Gasteiger partial charge in [0.1, 0.15) is 6.04 Å². The van der Waals surface area contributed by atoms with Crippen LogP contribution in [-0.4, -0.2) is 34.5 Å². The van der Waals surface area contributed by atoms with Crippen LogP contribution in [0.5, 0.6) is 0 Å². The van der Waals surface area contributed by atoms with Crippen LogP contribution >= 0.6 is 11.8 Å². The van der Waals surface area contributed by atoms with E-state index in [0.29, 0.717) is 11.6 Å². The molecule has 3 amide bonds. The molecule has 106 valence electrons. The van der Waals surface area contributed by atoms with E-state index >= 15 is 0 Å². The van der Waals surface area contributed by atoms with Gasteiger partial charge >= 0.3 is 12.2 Å². The molecule has 2 aliphatic heterocycles. The van der Waals surface area contributed by atoms with E-state index in [1.165, 1.54) is 28.8 Å². The molecule has 8 heteroatoms. The van der Waals surface area contributed by atoms with Crippen molar-refractivity contribution in [1.82, 2.24) is 4.90 Å². The standard InChI is InChI=1S/C12H9F3N2O2S/c13-12(14,15)7-2-1-3-8(4-7)17-10(18)9-5-20-6-16(9)11(17)19/h1-4,9H,5-6H2. The Labute approximate surface area is 116 Å². The summed E-state index contributed by atoms with van der Waals surface area (Å²) in [6, 6.07) is 3.15. The summed E-state index contributed by atoms with van der Waals surface area (Å²) in [5, 5.41) is 0. The van der Waals surface area contributed by atoms with Gasteiger partial charge in [0.05, 0.1) is 17.1 Å². The molecule has 20 heavy (non-hydrogen) atoms. The Hall–Kier alpha value is -1.70. The average molecular weight is 302 g/mol. The van der Waals surface area contributed by atoms with Crippen LogP contribution in [0.15, 0.2) is 24.3 Å². The molecule has 1 atom stereocenters. The number of fused-ring (bicyclic) bond motifs is 1. The third kappa shape index (κ3) is 1.94. The summed E-state index contributed by atoms with van der Waals surface area (Å²) in [5.74, 6) is 0.421. The van der Waals surface area contributed by atoms with Crippen LogP contribution in [-0.2, 0) is 11.0 Å². The molecule has 1 aromatic carbocycles. The van der Waals surface area contributed by atoms with E-state index in [2.05, 4.69) is 0 Å². The highest BCUT2D eigenvalue weighted by atomic mass is 32.2. The molecule has 0 spiro atoms. The van der Waals surface area contributed by atoms with Crippen LogP contribution in [0.1, 0.15) is 5.56 Å². The van der Waals surface area contributed by atoms with Gasteiger partial charge in [0.2, 0.25) is 0 Å². The Morgan fingerprint density at radius 2 is 2.00 bits per heavy atom. The molecule has 0 aliphatic carbocycles. The number of hydrogen-bond donors (Lipinski definition) is 0. The molecule has 0 radical (unpaired) electrons. The Bertz CT molecular complexity index is 568.